The summed E-state index contributed by atoms with van der Waals surface area (Å²) in [6.07, 6.45) is -0.461. The Bertz CT molecular complexity index is 1340. The van der Waals surface area contributed by atoms with Crippen LogP contribution in [0.2, 0.25) is 5.02 Å². The van der Waals surface area contributed by atoms with Crippen molar-refractivity contribution in [3.05, 3.63) is 51.4 Å². The lowest BCUT2D eigenvalue weighted by Gasteiger charge is -2.25. The Morgan fingerprint density at radius 1 is 1.26 bits per heavy atom. The van der Waals surface area contributed by atoms with E-state index in [0.29, 0.717) is 5.39 Å². The largest absolute Gasteiger partial charge is 0.871 e. The Balaban J connectivity index is 1.63. The third-order valence-electron chi connectivity index (χ3n) is 4.75. The summed E-state index contributed by atoms with van der Waals surface area (Å²) >= 11 is 6.77. The molecule has 1 aromatic carbocycles. The average Bonchev–Trinajstić information content (AvgIpc) is 2.78. The number of rotatable bonds is 8. The minimum atomic E-state index is -1.56. The van der Waals surface area contributed by atoms with Crippen molar-refractivity contribution in [1.82, 2.24) is 10.6 Å². The molecule has 2 aromatic rings. The van der Waals surface area contributed by atoms with Crippen molar-refractivity contribution >= 4 is 63.8 Å². The molecule has 35 heavy (non-hydrogen) atoms. The molecule has 3 rings (SSSR count). The van der Waals surface area contributed by atoms with Gasteiger partial charge in [-0.15, -0.1) is 11.8 Å². The van der Waals surface area contributed by atoms with E-state index in [2.05, 4.69) is 22.2 Å². The van der Waals surface area contributed by atoms with E-state index in [-0.39, 0.29) is 33.2 Å². The fraction of sp³-hybridized carbons (Fsp3) is 0.238. The molecule has 0 radical (unpaired) electrons. The maximum atomic E-state index is 12.2. The quantitative estimate of drug-likeness (QED) is 0.339. The van der Waals surface area contributed by atoms with Gasteiger partial charge >= 0.3 is 17.6 Å². The topological polar surface area (TPSA) is 198 Å². The predicted octanol–water partition coefficient (Wildman–Crippen LogP) is -0.0972. The number of nitrogens with one attached hydrogen (secondary N) is 2. The summed E-state index contributed by atoms with van der Waals surface area (Å²) in [5.41, 5.74) is -1.05. The van der Waals surface area contributed by atoms with Gasteiger partial charge in [-0.2, -0.15) is 0 Å². The van der Waals surface area contributed by atoms with Crippen molar-refractivity contribution in [2.24, 2.45) is 4.99 Å². The monoisotopic (exact) mass is 522 g/mol. The number of aliphatic imine (C=N–C) groups is 1. The van der Waals surface area contributed by atoms with Gasteiger partial charge in [0.1, 0.15) is 16.7 Å². The third-order valence-corrected chi connectivity index (χ3v) is 6.28. The fourth-order valence-electron chi connectivity index (χ4n) is 3.07. The summed E-state index contributed by atoms with van der Waals surface area (Å²) < 4.78 is 5.03. The Labute approximate surface area is 205 Å². The molecule has 1 aliphatic heterocycles. The summed E-state index contributed by atoms with van der Waals surface area (Å²) in [4.78, 5) is 63.3. The zero-order chi connectivity index (χ0) is 25.9. The number of hydrogen-bond acceptors (Lipinski definition) is 9. The van der Waals surface area contributed by atoms with Crippen LogP contribution in [-0.2, 0) is 25.6 Å². The maximum absolute atomic E-state index is 12.2. The smallest absolute Gasteiger partial charge is 0.354 e. The van der Waals surface area contributed by atoms with Gasteiger partial charge in [-0.1, -0.05) is 23.9 Å². The van der Waals surface area contributed by atoms with Gasteiger partial charge in [0.15, 0.2) is 6.04 Å². The second-order valence-corrected chi connectivity index (χ2v) is 8.82. The van der Waals surface area contributed by atoms with Crippen LogP contribution in [0.25, 0.3) is 11.0 Å². The van der Waals surface area contributed by atoms with Gasteiger partial charge in [-0.05, 0) is 23.8 Å². The van der Waals surface area contributed by atoms with Gasteiger partial charge < -0.3 is 30.4 Å². The predicted molar refractivity (Wildman–Crippen MR) is 124 cm³/mol. The first kappa shape index (κ1) is 25.8. The van der Waals surface area contributed by atoms with E-state index in [4.69, 9.17) is 21.1 Å². The van der Waals surface area contributed by atoms with Gasteiger partial charge in [-0.3, -0.25) is 14.6 Å². The number of thioether (sulfide) groups is 1. The highest BCUT2D eigenvalue weighted by Crippen LogP contribution is 2.27. The molecule has 12 nitrogen and oxygen atoms in total. The molecule has 0 bridgehead atoms. The van der Waals surface area contributed by atoms with Crippen LogP contribution in [0.1, 0.15) is 5.56 Å². The number of hydrogen-bond donors (Lipinski definition) is 4. The lowest BCUT2D eigenvalue weighted by atomic mass is 10.1. The molecule has 4 N–H and O–H groups in total. The van der Waals surface area contributed by atoms with Crippen molar-refractivity contribution in [2.75, 3.05) is 12.3 Å². The SMILES string of the molecule is C=C1CSC(C(NC(=O)CNC(=O)Cc2cc3cc(Cl)c([O-])cc3oc2=O)C(=O)O)N=C1C(=O)O. The standard InChI is InChI=1S/C21H18ClN3O9S/c1-8-7-35-18(25-16(8)19(29)30)17(20(31)32)24-15(28)6-23-14(27)4-10-2-9-3-11(22)12(26)5-13(9)34-21(10)33/h2-3,5,17-18,26H,1,4,6-7H2,(H,23,27)(H,24,28)(H,29,30)(H,31,32)/p-1. The molecule has 184 valence electrons. The zero-order valence-electron chi connectivity index (χ0n) is 17.7. The first-order chi connectivity index (χ1) is 16.5. The number of aliphatic carboxylic acids is 2. The summed E-state index contributed by atoms with van der Waals surface area (Å²) in [7, 11) is 0. The maximum Gasteiger partial charge on any atom is 0.354 e. The first-order valence-corrected chi connectivity index (χ1v) is 11.2. The first-order valence-electron chi connectivity index (χ1n) is 9.79. The fourth-order valence-corrected chi connectivity index (χ4v) is 4.31. The van der Waals surface area contributed by atoms with E-state index in [0.717, 1.165) is 17.8 Å². The summed E-state index contributed by atoms with van der Waals surface area (Å²) in [6.45, 7) is 2.95. The van der Waals surface area contributed by atoms with E-state index in [1.54, 1.807) is 0 Å². The molecule has 2 unspecified atom stereocenters. The molecule has 0 saturated heterocycles. The minimum absolute atomic E-state index is 0.00511. The average molecular weight is 523 g/mol. The van der Waals surface area contributed by atoms with Crippen molar-refractivity contribution in [2.45, 2.75) is 17.8 Å². The molecule has 0 spiro atoms. The number of amides is 2. The zero-order valence-corrected chi connectivity index (χ0v) is 19.3. The Morgan fingerprint density at radius 3 is 2.63 bits per heavy atom. The number of nitrogens with zero attached hydrogens (tertiary/aromatic N) is 1. The number of benzene rings is 1. The highest BCUT2D eigenvalue weighted by atomic mass is 35.5. The van der Waals surface area contributed by atoms with Crippen LogP contribution in [0.3, 0.4) is 0 Å². The van der Waals surface area contributed by atoms with Gasteiger partial charge in [0.05, 0.1) is 13.0 Å². The van der Waals surface area contributed by atoms with Crippen LogP contribution < -0.4 is 21.4 Å². The van der Waals surface area contributed by atoms with E-state index >= 15 is 0 Å². The van der Waals surface area contributed by atoms with Gasteiger partial charge in [0.25, 0.3) is 0 Å². The summed E-state index contributed by atoms with van der Waals surface area (Å²) in [6, 6.07) is 2.12. The molecule has 1 aliphatic rings. The molecule has 2 heterocycles. The number of carboxylic acids is 2. The van der Waals surface area contributed by atoms with Crippen LogP contribution in [0.5, 0.6) is 5.75 Å². The molecule has 2 amide bonds. The van der Waals surface area contributed by atoms with Crippen molar-refractivity contribution < 1.29 is 38.9 Å². The van der Waals surface area contributed by atoms with E-state index in [1.807, 2.05) is 0 Å². The minimum Gasteiger partial charge on any atom is -0.871 e. The molecule has 2 atom stereocenters. The third kappa shape index (κ3) is 6.19. The highest BCUT2D eigenvalue weighted by Gasteiger charge is 2.34. The summed E-state index contributed by atoms with van der Waals surface area (Å²) in [5, 5.41) is 33.8. The van der Waals surface area contributed by atoms with Crippen LogP contribution >= 0.6 is 23.4 Å². The molecular formula is C21H17ClN3O9S-. The van der Waals surface area contributed by atoms with Crippen molar-refractivity contribution in [3.63, 3.8) is 0 Å². The van der Waals surface area contributed by atoms with Gasteiger partial charge in [0, 0.05) is 21.7 Å². The molecule has 0 aliphatic carbocycles. The second-order valence-electron chi connectivity index (χ2n) is 7.30. The molecule has 1 aromatic heterocycles. The van der Waals surface area contributed by atoms with Gasteiger partial charge in [-0.25, -0.2) is 14.4 Å². The number of carbonyl (C=O) groups excluding carboxylic acids is 2. The van der Waals surface area contributed by atoms with Crippen LogP contribution in [-0.4, -0.2) is 63.4 Å². The Morgan fingerprint density at radius 2 is 1.97 bits per heavy atom. The molecule has 0 fully saturated rings. The number of carbonyl (C=O) groups is 4. The number of fused-ring (bicyclic) bond motifs is 1. The van der Waals surface area contributed by atoms with Crippen LogP contribution in [0.15, 0.2) is 44.6 Å². The number of halogens is 1. The van der Waals surface area contributed by atoms with Crippen molar-refractivity contribution in [3.8, 4) is 5.75 Å². The molecular weight excluding hydrogens is 506 g/mol. The lowest BCUT2D eigenvalue weighted by molar-refractivity contribution is -0.268. The van der Waals surface area contributed by atoms with Gasteiger partial charge in [0.2, 0.25) is 11.8 Å². The van der Waals surface area contributed by atoms with E-state index in [1.165, 1.54) is 12.1 Å². The highest BCUT2D eigenvalue weighted by molar-refractivity contribution is 8.00. The second kappa shape index (κ2) is 10.6. The van der Waals surface area contributed by atoms with Crippen molar-refractivity contribution in [1.29, 1.82) is 0 Å². The molecule has 14 heteroatoms. The van der Waals surface area contributed by atoms with E-state index in [9.17, 15) is 34.2 Å². The van der Waals surface area contributed by atoms with Crippen LogP contribution in [0, 0.1) is 0 Å². The Hall–Kier alpha value is -3.84. The van der Waals surface area contributed by atoms with E-state index < -0.39 is 59.5 Å². The number of carboxylic acid groups (broad SMARTS) is 2. The lowest BCUT2D eigenvalue weighted by Crippen LogP contribution is -2.51. The van der Waals surface area contributed by atoms with Crippen LogP contribution in [0.4, 0.5) is 0 Å². The Kier molecular flexibility index (Phi) is 7.82. The molecule has 0 saturated carbocycles. The normalized spacial score (nSPS) is 16.3. The summed E-state index contributed by atoms with van der Waals surface area (Å²) in [5.74, 6) is -4.83.